The summed E-state index contributed by atoms with van der Waals surface area (Å²) in [4.78, 5) is 32.2. The Morgan fingerprint density at radius 2 is 1.96 bits per heavy atom. The number of nitrogen functional groups attached to an aromatic ring is 2. The van der Waals surface area contributed by atoms with Gasteiger partial charge in [0.25, 0.3) is 0 Å². The van der Waals surface area contributed by atoms with Crippen LogP contribution in [0.4, 0.5) is 23.3 Å². The van der Waals surface area contributed by atoms with Crippen LogP contribution in [0.3, 0.4) is 0 Å². The summed E-state index contributed by atoms with van der Waals surface area (Å²) in [7, 11) is 0. The lowest BCUT2D eigenvalue weighted by Crippen LogP contribution is -2.32. The van der Waals surface area contributed by atoms with Crippen molar-refractivity contribution in [1.82, 2.24) is 9.97 Å². The molecular weight excluding hydrogens is 296 g/mol. The van der Waals surface area contributed by atoms with Crippen molar-refractivity contribution in [3.63, 3.8) is 0 Å². The number of hydrogen-bond donors (Lipinski definition) is 4. The zero-order valence-electron chi connectivity index (χ0n) is 12.5. The Hall–Kier alpha value is -3.16. The normalized spacial score (nSPS) is 16.4. The van der Waals surface area contributed by atoms with E-state index >= 15 is 0 Å². The Balaban J connectivity index is 1.92. The number of anilines is 4. The lowest BCUT2D eigenvalue weighted by atomic mass is 9.92. The van der Waals surface area contributed by atoms with Crippen molar-refractivity contribution < 1.29 is 9.59 Å². The Labute approximate surface area is 132 Å². The van der Waals surface area contributed by atoms with Crippen molar-refractivity contribution in [2.24, 2.45) is 0 Å². The number of carbonyl (C=O) groups is 2. The molecule has 1 aliphatic rings. The molecule has 3 rings (SSSR count). The Morgan fingerprint density at radius 1 is 1.26 bits per heavy atom. The van der Waals surface area contributed by atoms with E-state index in [0.29, 0.717) is 11.3 Å². The van der Waals surface area contributed by atoms with Crippen LogP contribution < -0.4 is 22.1 Å². The molecule has 0 bridgehead atoms. The van der Waals surface area contributed by atoms with Gasteiger partial charge in [0.15, 0.2) is 0 Å². The first-order chi connectivity index (χ1) is 10.9. The van der Waals surface area contributed by atoms with E-state index in [-0.39, 0.29) is 35.8 Å². The minimum Gasteiger partial charge on any atom is -0.383 e. The molecule has 0 saturated carbocycles. The molecule has 1 aromatic carbocycles. The van der Waals surface area contributed by atoms with Gasteiger partial charge in [-0.1, -0.05) is 17.7 Å². The number of nitrogens with zero attached hydrogens (tertiary/aromatic N) is 2. The molecule has 1 aliphatic heterocycles. The predicted octanol–water partition coefficient (Wildman–Crippen LogP) is 1.01. The highest BCUT2D eigenvalue weighted by Gasteiger charge is 2.34. The van der Waals surface area contributed by atoms with E-state index in [1.807, 2.05) is 19.1 Å². The molecule has 1 aromatic heterocycles. The SMILES string of the molecule is Cc1ccc(NC(=O)[C@H]2CC(=O)Nc3nc(N)nc(N)c32)cc1. The van der Waals surface area contributed by atoms with Gasteiger partial charge in [-0.3, -0.25) is 9.59 Å². The molecule has 0 spiro atoms. The topological polar surface area (TPSA) is 136 Å². The Bertz CT molecular complexity index is 787. The van der Waals surface area contributed by atoms with E-state index in [9.17, 15) is 9.59 Å². The Kier molecular flexibility index (Phi) is 3.57. The summed E-state index contributed by atoms with van der Waals surface area (Å²) in [6, 6.07) is 7.35. The first kappa shape index (κ1) is 14.8. The number of hydrogen-bond acceptors (Lipinski definition) is 6. The molecule has 0 saturated heterocycles. The largest absolute Gasteiger partial charge is 0.383 e. The number of carbonyl (C=O) groups excluding carboxylic acids is 2. The average molecular weight is 312 g/mol. The minimum absolute atomic E-state index is 0.0256. The summed E-state index contributed by atoms with van der Waals surface area (Å²) in [5.74, 6) is -1.20. The minimum atomic E-state index is -0.763. The Morgan fingerprint density at radius 3 is 2.65 bits per heavy atom. The molecular formula is C15H16N6O2. The zero-order valence-corrected chi connectivity index (χ0v) is 12.5. The van der Waals surface area contributed by atoms with Gasteiger partial charge >= 0.3 is 0 Å². The molecule has 0 fully saturated rings. The maximum absolute atomic E-state index is 12.6. The predicted molar refractivity (Wildman–Crippen MR) is 86.7 cm³/mol. The van der Waals surface area contributed by atoms with E-state index < -0.39 is 5.92 Å². The van der Waals surface area contributed by atoms with Gasteiger partial charge in [-0.15, -0.1) is 0 Å². The van der Waals surface area contributed by atoms with Gasteiger partial charge < -0.3 is 22.1 Å². The number of rotatable bonds is 2. The third-order valence-electron chi connectivity index (χ3n) is 3.62. The maximum Gasteiger partial charge on any atom is 0.232 e. The van der Waals surface area contributed by atoms with E-state index in [2.05, 4.69) is 20.6 Å². The molecule has 2 heterocycles. The summed E-state index contributed by atoms with van der Waals surface area (Å²) in [5.41, 5.74) is 13.5. The quantitative estimate of drug-likeness (QED) is 0.653. The molecule has 8 heteroatoms. The third kappa shape index (κ3) is 2.91. The van der Waals surface area contributed by atoms with Gasteiger partial charge in [0, 0.05) is 12.1 Å². The number of aromatic nitrogens is 2. The van der Waals surface area contributed by atoms with Crippen LogP contribution in [0, 0.1) is 6.92 Å². The summed E-state index contributed by atoms with van der Waals surface area (Å²) in [6.45, 7) is 1.95. The number of nitrogens with one attached hydrogen (secondary N) is 2. The van der Waals surface area contributed by atoms with Gasteiger partial charge in [0.1, 0.15) is 11.6 Å². The summed E-state index contributed by atoms with van der Waals surface area (Å²) < 4.78 is 0. The molecule has 118 valence electrons. The molecule has 6 N–H and O–H groups in total. The van der Waals surface area contributed by atoms with Crippen molar-refractivity contribution in [3.8, 4) is 0 Å². The van der Waals surface area contributed by atoms with Crippen molar-refractivity contribution in [1.29, 1.82) is 0 Å². The molecule has 0 aliphatic carbocycles. The fraction of sp³-hybridized carbons (Fsp3) is 0.200. The van der Waals surface area contributed by atoms with Crippen LogP contribution in [0.15, 0.2) is 24.3 Å². The third-order valence-corrected chi connectivity index (χ3v) is 3.62. The summed E-state index contributed by atoms with van der Waals surface area (Å²) >= 11 is 0. The van der Waals surface area contributed by atoms with Crippen molar-refractivity contribution in [2.75, 3.05) is 22.1 Å². The van der Waals surface area contributed by atoms with E-state index in [0.717, 1.165) is 5.56 Å². The van der Waals surface area contributed by atoms with Gasteiger partial charge in [-0.05, 0) is 19.1 Å². The number of benzene rings is 1. The molecule has 2 aromatic rings. The van der Waals surface area contributed by atoms with Crippen molar-refractivity contribution >= 4 is 35.1 Å². The summed E-state index contributed by atoms with van der Waals surface area (Å²) in [5, 5.41) is 5.35. The second-order valence-electron chi connectivity index (χ2n) is 5.39. The number of fused-ring (bicyclic) bond motifs is 1. The van der Waals surface area contributed by atoms with Crippen LogP contribution in [0.25, 0.3) is 0 Å². The van der Waals surface area contributed by atoms with E-state index in [1.54, 1.807) is 12.1 Å². The van der Waals surface area contributed by atoms with Gasteiger partial charge in [0.2, 0.25) is 17.8 Å². The van der Waals surface area contributed by atoms with Gasteiger partial charge in [-0.2, -0.15) is 9.97 Å². The number of amides is 2. The average Bonchev–Trinajstić information content (AvgIpc) is 2.48. The molecule has 8 nitrogen and oxygen atoms in total. The first-order valence-corrected chi connectivity index (χ1v) is 7.04. The van der Waals surface area contributed by atoms with Crippen LogP contribution in [-0.2, 0) is 9.59 Å². The van der Waals surface area contributed by atoms with Gasteiger partial charge in [0.05, 0.1) is 11.5 Å². The van der Waals surface area contributed by atoms with Crippen molar-refractivity contribution in [2.45, 2.75) is 19.3 Å². The first-order valence-electron chi connectivity index (χ1n) is 7.04. The second-order valence-corrected chi connectivity index (χ2v) is 5.39. The van der Waals surface area contributed by atoms with E-state index in [4.69, 9.17) is 11.5 Å². The van der Waals surface area contributed by atoms with E-state index in [1.165, 1.54) is 0 Å². The maximum atomic E-state index is 12.6. The monoisotopic (exact) mass is 312 g/mol. The lowest BCUT2D eigenvalue weighted by molar-refractivity contribution is -0.123. The second kappa shape index (κ2) is 5.56. The molecule has 23 heavy (non-hydrogen) atoms. The van der Waals surface area contributed by atoms with Crippen LogP contribution in [-0.4, -0.2) is 21.8 Å². The van der Waals surface area contributed by atoms with Gasteiger partial charge in [-0.25, -0.2) is 0 Å². The summed E-state index contributed by atoms with van der Waals surface area (Å²) in [6.07, 6.45) is -0.0256. The standard InChI is InChI=1S/C15H16N6O2/c1-7-2-4-8(5-3-7)18-14(23)9-6-10(22)19-13-11(9)12(16)20-15(17)21-13/h2-5,9H,6H2,1H3,(H,18,23)(H5,16,17,19,20,21,22)/t9-/m0/s1. The molecule has 2 amide bonds. The number of aryl methyl sites for hydroxylation is 1. The van der Waals surface area contributed by atoms with Crippen LogP contribution >= 0.6 is 0 Å². The fourth-order valence-corrected chi connectivity index (χ4v) is 2.50. The highest BCUT2D eigenvalue weighted by molar-refractivity contribution is 6.05. The highest BCUT2D eigenvalue weighted by Crippen LogP contribution is 2.35. The molecule has 1 atom stereocenters. The molecule has 0 radical (unpaired) electrons. The lowest BCUT2D eigenvalue weighted by Gasteiger charge is -2.25. The highest BCUT2D eigenvalue weighted by atomic mass is 16.2. The van der Waals surface area contributed by atoms with Crippen LogP contribution in [0.1, 0.15) is 23.5 Å². The zero-order chi connectivity index (χ0) is 16.6. The van der Waals surface area contributed by atoms with Crippen LogP contribution in [0.2, 0.25) is 0 Å². The smallest absolute Gasteiger partial charge is 0.232 e. The molecule has 0 unspecified atom stereocenters. The van der Waals surface area contributed by atoms with Crippen LogP contribution in [0.5, 0.6) is 0 Å². The number of nitrogens with two attached hydrogens (primary N) is 2. The van der Waals surface area contributed by atoms with Crippen molar-refractivity contribution in [3.05, 3.63) is 35.4 Å². The fourth-order valence-electron chi connectivity index (χ4n) is 2.50.